The molecule has 2 N–H and O–H groups in total. The van der Waals surface area contributed by atoms with E-state index in [2.05, 4.69) is 22.2 Å². The van der Waals surface area contributed by atoms with Gasteiger partial charge in [0.2, 0.25) is 5.95 Å². The standard InChI is InChI=1S/C11H19N3OS/c1-3-5-12-11-13-8-9(2)10(14-11)16-7-4-6-15/h8,15H,3-7H2,1-2H3,(H,12,13,14). The molecule has 1 heterocycles. The summed E-state index contributed by atoms with van der Waals surface area (Å²) in [5, 5.41) is 12.9. The summed E-state index contributed by atoms with van der Waals surface area (Å²) in [5.41, 5.74) is 1.09. The highest BCUT2D eigenvalue weighted by Crippen LogP contribution is 2.20. The SMILES string of the molecule is CCCNc1ncc(C)c(SCCCO)n1. The predicted molar refractivity (Wildman–Crippen MR) is 68.0 cm³/mol. The average molecular weight is 241 g/mol. The fourth-order valence-corrected chi connectivity index (χ4v) is 2.03. The Bertz CT molecular complexity index is 320. The minimum Gasteiger partial charge on any atom is -0.396 e. The van der Waals surface area contributed by atoms with Crippen molar-refractivity contribution >= 4 is 17.7 Å². The second-order valence-corrected chi connectivity index (χ2v) is 4.62. The summed E-state index contributed by atoms with van der Waals surface area (Å²) in [7, 11) is 0. The zero-order chi connectivity index (χ0) is 11.8. The van der Waals surface area contributed by atoms with Gasteiger partial charge in [0.05, 0.1) is 0 Å². The molecule has 0 aliphatic rings. The van der Waals surface area contributed by atoms with Gasteiger partial charge in [-0.15, -0.1) is 11.8 Å². The second kappa shape index (κ2) is 7.46. The van der Waals surface area contributed by atoms with Gasteiger partial charge in [-0.1, -0.05) is 6.92 Å². The monoisotopic (exact) mass is 241 g/mol. The molecular formula is C11H19N3OS. The number of hydrogen-bond acceptors (Lipinski definition) is 5. The van der Waals surface area contributed by atoms with Gasteiger partial charge in [-0.2, -0.15) is 0 Å². The van der Waals surface area contributed by atoms with Crippen molar-refractivity contribution in [2.24, 2.45) is 0 Å². The Labute approximate surface area is 101 Å². The van der Waals surface area contributed by atoms with Gasteiger partial charge in [-0.25, -0.2) is 9.97 Å². The van der Waals surface area contributed by atoms with Crippen molar-refractivity contribution in [3.8, 4) is 0 Å². The molecule has 0 spiro atoms. The van der Waals surface area contributed by atoms with Crippen molar-refractivity contribution in [2.75, 3.05) is 24.2 Å². The molecule has 0 aliphatic carbocycles. The minimum absolute atomic E-state index is 0.234. The van der Waals surface area contributed by atoms with Crippen LogP contribution in [0.3, 0.4) is 0 Å². The molecule has 0 saturated carbocycles. The molecule has 1 aromatic heterocycles. The number of aliphatic hydroxyl groups is 1. The Balaban J connectivity index is 2.59. The van der Waals surface area contributed by atoms with Crippen LogP contribution in [0.15, 0.2) is 11.2 Å². The first-order valence-corrected chi connectivity index (χ1v) is 6.57. The van der Waals surface area contributed by atoms with Gasteiger partial charge in [0.25, 0.3) is 0 Å². The highest BCUT2D eigenvalue weighted by Gasteiger charge is 2.03. The Morgan fingerprint density at radius 3 is 3.00 bits per heavy atom. The van der Waals surface area contributed by atoms with Crippen LogP contribution in [0.25, 0.3) is 0 Å². The Morgan fingerprint density at radius 2 is 2.31 bits per heavy atom. The molecule has 5 heteroatoms. The Morgan fingerprint density at radius 1 is 1.50 bits per heavy atom. The van der Waals surface area contributed by atoms with E-state index in [0.717, 1.165) is 35.7 Å². The lowest BCUT2D eigenvalue weighted by Crippen LogP contribution is -2.05. The van der Waals surface area contributed by atoms with Crippen LogP contribution in [0.5, 0.6) is 0 Å². The first-order chi connectivity index (χ1) is 7.77. The number of nitrogens with zero attached hydrogens (tertiary/aromatic N) is 2. The average Bonchev–Trinajstić information content (AvgIpc) is 2.30. The number of rotatable bonds is 7. The smallest absolute Gasteiger partial charge is 0.223 e. The number of nitrogens with one attached hydrogen (secondary N) is 1. The first-order valence-electron chi connectivity index (χ1n) is 5.59. The molecule has 0 amide bonds. The van der Waals surface area contributed by atoms with Crippen LogP contribution in [-0.4, -0.2) is 34.0 Å². The molecule has 4 nitrogen and oxygen atoms in total. The van der Waals surface area contributed by atoms with Gasteiger partial charge in [-0.3, -0.25) is 0 Å². The molecule has 0 atom stereocenters. The lowest BCUT2D eigenvalue weighted by atomic mass is 10.4. The molecule has 0 aliphatic heterocycles. The van der Waals surface area contributed by atoms with Crippen molar-refractivity contribution < 1.29 is 5.11 Å². The van der Waals surface area contributed by atoms with Crippen LogP contribution in [0.4, 0.5) is 5.95 Å². The van der Waals surface area contributed by atoms with Gasteiger partial charge in [0, 0.05) is 25.1 Å². The molecule has 16 heavy (non-hydrogen) atoms. The summed E-state index contributed by atoms with van der Waals surface area (Å²) in [4.78, 5) is 8.66. The van der Waals surface area contributed by atoms with Crippen LogP contribution < -0.4 is 5.32 Å². The van der Waals surface area contributed by atoms with Crippen molar-refractivity contribution in [1.82, 2.24) is 9.97 Å². The van der Waals surface area contributed by atoms with Gasteiger partial charge in [0.1, 0.15) is 5.03 Å². The summed E-state index contributed by atoms with van der Waals surface area (Å²) in [6.07, 6.45) is 3.70. The van der Waals surface area contributed by atoms with Gasteiger partial charge in [-0.05, 0) is 25.3 Å². The van der Waals surface area contributed by atoms with Crippen LogP contribution in [0.1, 0.15) is 25.3 Å². The van der Waals surface area contributed by atoms with E-state index in [0.29, 0.717) is 5.95 Å². The topological polar surface area (TPSA) is 58.0 Å². The third-order valence-electron chi connectivity index (χ3n) is 2.00. The molecule has 0 unspecified atom stereocenters. The molecule has 1 rings (SSSR count). The molecule has 0 radical (unpaired) electrons. The van der Waals surface area contributed by atoms with E-state index in [-0.39, 0.29) is 6.61 Å². The minimum atomic E-state index is 0.234. The zero-order valence-corrected chi connectivity index (χ0v) is 10.7. The summed E-state index contributed by atoms with van der Waals surface area (Å²) < 4.78 is 0. The fourth-order valence-electron chi connectivity index (χ4n) is 1.13. The van der Waals surface area contributed by atoms with E-state index in [1.165, 1.54) is 0 Å². The van der Waals surface area contributed by atoms with E-state index in [1.807, 2.05) is 13.1 Å². The van der Waals surface area contributed by atoms with E-state index in [9.17, 15) is 0 Å². The highest BCUT2D eigenvalue weighted by molar-refractivity contribution is 7.99. The number of aliphatic hydroxyl groups excluding tert-OH is 1. The normalized spacial score (nSPS) is 10.4. The van der Waals surface area contributed by atoms with Gasteiger partial charge < -0.3 is 10.4 Å². The van der Waals surface area contributed by atoms with Crippen LogP contribution in [0, 0.1) is 6.92 Å². The largest absolute Gasteiger partial charge is 0.396 e. The van der Waals surface area contributed by atoms with Gasteiger partial charge in [0.15, 0.2) is 0 Å². The molecule has 0 bridgehead atoms. The van der Waals surface area contributed by atoms with Crippen LogP contribution >= 0.6 is 11.8 Å². The van der Waals surface area contributed by atoms with Crippen molar-refractivity contribution in [2.45, 2.75) is 31.7 Å². The number of anilines is 1. The molecule has 0 fully saturated rings. The molecule has 90 valence electrons. The lowest BCUT2D eigenvalue weighted by molar-refractivity contribution is 0.296. The van der Waals surface area contributed by atoms with E-state index in [4.69, 9.17) is 5.11 Å². The van der Waals surface area contributed by atoms with Crippen LogP contribution in [0.2, 0.25) is 0 Å². The van der Waals surface area contributed by atoms with Crippen molar-refractivity contribution in [3.05, 3.63) is 11.8 Å². The first kappa shape index (κ1) is 13.3. The van der Waals surface area contributed by atoms with E-state index in [1.54, 1.807) is 11.8 Å². The molecule has 1 aromatic rings. The summed E-state index contributed by atoms with van der Waals surface area (Å²) in [6, 6.07) is 0. The maximum Gasteiger partial charge on any atom is 0.223 e. The summed E-state index contributed by atoms with van der Waals surface area (Å²) in [6.45, 7) is 5.24. The Hall–Kier alpha value is -0.810. The number of aryl methyl sites for hydroxylation is 1. The predicted octanol–water partition coefficient (Wildman–Crippen LogP) is 2.08. The van der Waals surface area contributed by atoms with Crippen molar-refractivity contribution in [1.29, 1.82) is 0 Å². The van der Waals surface area contributed by atoms with E-state index < -0.39 is 0 Å². The summed E-state index contributed by atoms with van der Waals surface area (Å²) >= 11 is 1.67. The third-order valence-corrected chi connectivity index (χ3v) is 3.18. The highest BCUT2D eigenvalue weighted by atomic mass is 32.2. The number of hydrogen-bond donors (Lipinski definition) is 2. The quantitative estimate of drug-likeness (QED) is 0.435. The molecule has 0 saturated heterocycles. The molecular weight excluding hydrogens is 222 g/mol. The maximum absolute atomic E-state index is 8.73. The van der Waals surface area contributed by atoms with E-state index >= 15 is 0 Å². The second-order valence-electron chi connectivity index (χ2n) is 3.53. The summed E-state index contributed by atoms with van der Waals surface area (Å²) in [5.74, 6) is 1.58. The maximum atomic E-state index is 8.73. The van der Waals surface area contributed by atoms with Crippen molar-refractivity contribution in [3.63, 3.8) is 0 Å². The van der Waals surface area contributed by atoms with Crippen LogP contribution in [-0.2, 0) is 0 Å². The fraction of sp³-hybridized carbons (Fsp3) is 0.636. The number of thioether (sulfide) groups is 1. The zero-order valence-electron chi connectivity index (χ0n) is 9.86. The third kappa shape index (κ3) is 4.37. The number of aromatic nitrogens is 2. The molecule has 0 aromatic carbocycles. The van der Waals surface area contributed by atoms with Gasteiger partial charge >= 0.3 is 0 Å². The lowest BCUT2D eigenvalue weighted by Gasteiger charge is -2.07. The Kier molecular flexibility index (Phi) is 6.18.